The molecular formula is C25H27ClN4O5. The topological polar surface area (TPSA) is 115 Å². The number of carbonyl (C=O) groups is 1. The number of carboxylic acids is 1. The Hall–Kier alpha value is -3.59. The number of aryl methyl sites for hydroxylation is 1. The molecule has 0 aliphatic heterocycles. The number of nitrogens with zero attached hydrogens (tertiary/aromatic N) is 3. The predicted molar refractivity (Wildman–Crippen MR) is 133 cm³/mol. The van der Waals surface area contributed by atoms with Crippen LogP contribution in [0.4, 0.5) is 11.6 Å². The molecule has 0 saturated heterocycles. The second-order valence-electron chi connectivity index (χ2n) is 8.81. The number of halogens is 1. The molecule has 4 rings (SSSR count). The van der Waals surface area contributed by atoms with Crippen molar-refractivity contribution in [2.24, 2.45) is 0 Å². The number of ether oxygens (including phenoxy) is 1. The predicted octanol–water partition coefficient (Wildman–Crippen LogP) is 4.13. The van der Waals surface area contributed by atoms with Crippen LogP contribution in [0.1, 0.15) is 49.8 Å². The van der Waals surface area contributed by atoms with Gasteiger partial charge in [-0.1, -0.05) is 23.7 Å². The van der Waals surface area contributed by atoms with Crippen molar-refractivity contribution in [1.82, 2.24) is 14.1 Å². The standard InChI is InChI=1S/C25H27ClN4O5/c1-15-12-19(10-11-21(15)35-20-4-3-5-20)27-23-28-24(33)30(16(2)13-22(31)32)25(34)29(23)14-17-6-8-18(26)9-7-17/h6-12,16,20H,3-5,13-14H2,1-2H3,(H,31,32)(H,27,28,33)/t16-/m0/s1. The molecule has 0 unspecified atom stereocenters. The number of hydrogen-bond acceptors (Lipinski definition) is 6. The van der Waals surface area contributed by atoms with Crippen LogP contribution < -0.4 is 21.4 Å². The summed E-state index contributed by atoms with van der Waals surface area (Å²) in [6, 6.07) is 11.6. The normalized spacial score (nSPS) is 14.3. The van der Waals surface area contributed by atoms with Crippen molar-refractivity contribution in [3.05, 3.63) is 79.6 Å². The lowest BCUT2D eigenvalue weighted by molar-refractivity contribution is -0.137. The smallest absolute Gasteiger partial charge is 0.355 e. The second kappa shape index (κ2) is 10.4. The highest BCUT2D eigenvalue weighted by molar-refractivity contribution is 6.30. The van der Waals surface area contributed by atoms with Crippen molar-refractivity contribution in [2.75, 3.05) is 5.32 Å². The maximum atomic E-state index is 13.4. The second-order valence-corrected chi connectivity index (χ2v) is 9.24. The lowest BCUT2D eigenvalue weighted by atomic mass is 9.96. The zero-order valence-electron chi connectivity index (χ0n) is 19.5. The van der Waals surface area contributed by atoms with Crippen molar-refractivity contribution in [2.45, 2.75) is 58.2 Å². The molecule has 35 heavy (non-hydrogen) atoms. The fourth-order valence-corrected chi connectivity index (χ4v) is 4.02. The van der Waals surface area contributed by atoms with Crippen LogP contribution >= 0.6 is 11.6 Å². The maximum Gasteiger partial charge on any atom is 0.355 e. The minimum Gasteiger partial charge on any atom is -0.490 e. The van der Waals surface area contributed by atoms with Crippen LogP contribution in [-0.2, 0) is 11.3 Å². The van der Waals surface area contributed by atoms with Crippen LogP contribution in [-0.4, -0.2) is 31.3 Å². The quantitative estimate of drug-likeness (QED) is 0.455. The fourth-order valence-electron chi connectivity index (χ4n) is 3.90. The Morgan fingerprint density at radius 1 is 1.23 bits per heavy atom. The van der Waals surface area contributed by atoms with Gasteiger partial charge in [0.05, 0.1) is 25.1 Å². The average molecular weight is 499 g/mol. The summed E-state index contributed by atoms with van der Waals surface area (Å²) in [5, 5.41) is 12.8. The highest BCUT2D eigenvalue weighted by Gasteiger charge is 2.21. The number of benzene rings is 2. The van der Waals surface area contributed by atoms with Gasteiger partial charge in [0, 0.05) is 10.7 Å². The molecule has 10 heteroatoms. The van der Waals surface area contributed by atoms with Crippen LogP contribution in [0.15, 0.2) is 52.1 Å². The fraction of sp³-hybridized carbons (Fsp3) is 0.360. The van der Waals surface area contributed by atoms with E-state index < -0.39 is 23.4 Å². The Kier molecular flexibility index (Phi) is 7.25. The van der Waals surface area contributed by atoms with Crippen LogP contribution in [0.5, 0.6) is 5.75 Å². The van der Waals surface area contributed by atoms with E-state index in [1.807, 2.05) is 19.1 Å². The molecule has 0 spiro atoms. The van der Waals surface area contributed by atoms with Gasteiger partial charge in [-0.2, -0.15) is 4.98 Å². The highest BCUT2D eigenvalue weighted by atomic mass is 35.5. The van der Waals surface area contributed by atoms with Crippen molar-refractivity contribution < 1.29 is 14.6 Å². The molecule has 2 N–H and O–H groups in total. The average Bonchev–Trinajstić information content (AvgIpc) is 2.75. The molecule has 3 aromatic rings. The molecule has 0 radical (unpaired) electrons. The molecule has 184 valence electrons. The van der Waals surface area contributed by atoms with E-state index in [9.17, 15) is 14.4 Å². The van der Waals surface area contributed by atoms with Crippen LogP contribution in [0.2, 0.25) is 5.02 Å². The van der Waals surface area contributed by atoms with E-state index in [4.69, 9.17) is 21.4 Å². The summed E-state index contributed by atoms with van der Waals surface area (Å²) in [6.07, 6.45) is 3.15. The van der Waals surface area contributed by atoms with E-state index in [2.05, 4.69) is 10.3 Å². The van der Waals surface area contributed by atoms with Gasteiger partial charge < -0.3 is 15.2 Å². The number of nitrogens with one attached hydrogen (secondary N) is 1. The molecule has 1 heterocycles. The molecule has 0 bridgehead atoms. The van der Waals surface area contributed by atoms with Gasteiger partial charge in [0.15, 0.2) is 0 Å². The zero-order chi connectivity index (χ0) is 25.1. The number of aromatic nitrogens is 3. The monoisotopic (exact) mass is 498 g/mol. The molecule has 1 aliphatic carbocycles. The SMILES string of the molecule is Cc1cc(Nc2nc(=O)n([C@@H](C)CC(=O)O)c(=O)n2Cc2ccc(Cl)cc2)ccc1OC1CCC1. The van der Waals surface area contributed by atoms with Crippen molar-refractivity contribution in [3.63, 3.8) is 0 Å². The molecule has 9 nitrogen and oxygen atoms in total. The summed E-state index contributed by atoms with van der Waals surface area (Å²) >= 11 is 5.99. The van der Waals surface area contributed by atoms with E-state index in [0.717, 1.165) is 34.3 Å². The van der Waals surface area contributed by atoms with Gasteiger partial charge in [-0.25, -0.2) is 14.2 Å². The Morgan fingerprint density at radius 2 is 1.94 bits per heavy atom. The van der Waals surface area contributed by atoms with Crippen LogP contribution in [0.3, 0.4) is 0 Å². The number of hydrogen-bond donors (Lipinski definition) is 2. The lowest BCUT2D eigenvalue weighted by Gasteiger charge is -2.27. The Balaban J connectivity index is 1.71. The summed E-state index contributed by atoms with van der Waals surface area (Å²) in [7, 11) is 0. The molecule has 0 amide bonds. The first kappa shape index (κ1) is 24.5. The number of rotatable bonds is 9. The first-order valence-electron chi connectivity index (χ1n) is 11.4. The summed E-state index contributed by atoms with van der Waals surface area (Å²) in [6.45, 7) is 3.54. The number of aliphatic carboxylic acids is 1. The minimum atomic E-state index is -1.12. The van der Waals surface area contributed by atoms with Gasteiger partial charge in [-0.15, -0.1) is 0 Å². The van der Waals surface area contributed by atoms with Crippen molar-refractivity contribution in [3.8, 4) is 5.75 Å². The van der Waals surface area contributed by atoms with Crippen LogP contribution in [0, 0.1) is 6.92 Å². The van der Waals surface area contributed by atoms with E-state index in [-0.39, 0.29) is 25.0 Å². The van der Waals surface area contributed by atoms with Gasteiger partial charge in [-0.05, 0) is 74.6 Å². The molecule has 1 atom stereocenters. The van der Waals surface area contributed by atoms with Crippen LogP contribution in [0.25, 0.3) is 0 Å². The summed E-state index contributed by atoms with van der Waals surface area (Å²) < 4.78 is 8.19. The molecule has 1 fully saturated rings. The molecule has 2 aromatic carbocycles. The molecule has 1 aliphatic rings. The first-order valence-corrected chi connectivity index (χ1v) is 11.8. The van der Waals surface area contributed by atoms with E-state index >= 15 is 0 Å². The Labute approximate surface area is 207 Å². The van der Waals surface area contributed by atoms with Gasteiger partial charge in [0.2, 0.25) is 5.95 Å². The van der Waals surface area contributed by atoms with Crippen molar-refractivity contribution in [1.29, 1.82) is 0 Å². The maximum absolute atomic E-state index is 13.4. The van der Waals surface area contributed by atoms with Gasteiger partial charge >= 0.3 is 17.3 Å². The van der Waals surface area contributed by atoms with E-state index in [1.54, 1.807) is 30.3 Å². The largest absolute Gasteiger partial charge is 0.490 e. The summed E-state index contributed by atoms with van der Waals surface area (Å²) in [5.74, 6) is -0.264. The first-order chi connectivity index (χ1) is 16.7. The third kappa shape index (κ3) is 5.74. The summed E-state index contributed by atoms with van der Waals surface area (Å²) in [5.41, 5.74) is 0.837. The minimum absolute atomic E-state index is 0.0563. The Morgan fingerprint density at radius 3 is 2.54 bits per heavy atom. The van der Waals surface area contributed by atoms with E-state index in [1.165, 1.54) is 17.9 Å². The molecule has 1 aromatic heterocycles. The third-order valence-electron chi connectivity index (χ3n) is 6.04. The van der Waals surface area contributed by atoms with Crippen molar-refractivity contribution >= 4 is 29.2 Å². The molecule has 1 saturated carbocycles. The lowest BCUT2D eigenvalue weighted by Crippen LogP contribution is -2.44. The summed E-state index contributed by atoms with van der Waals surface area (Å²) in [4.78, 5) is 41.5. The third-order valence-corrected chi connectivity index (χ3v) is 6.29. The van der Waals surface area contributed by atoms with Gasteiger partial charge in [-0.3, -0.25) is 9.36 Å². The number of anilines is 2. The van der Waals surface area contributed by atoms with Gasteiger partial charge in [0.25, 0.3) is 0 Å². The Bertz CT molecular complexity index is 1350. The zero-order valence-corrected chi connectivity index (χ0v) is 20.3. The van der Waals surface area contributed by atoms with E-state index in [0.29, 0.717) is 10.7 Å². The molecular weight excluding hydrogens is 472 g/mol. The number of carboxylic acid groups (broad SMARTS) is 1. The van der Waals surface area contributed by atoms with Gasteiger partial charge in [0.1, 0.15) is 5.75 Å². The highest BCUT2D eigenvalue weighted by Crippen LogP contribution is 2.29.